The van der Waals surface area contributed by atoms with Crippen molar-refractivity contribution < 1.29 is 14.9 Å². The molecule has 32 heavy (non-hydrogen) atoms. The number of aromatic amines is 2. The first kappa shape index (κ1) is 19.2. The minimum Gasteiger partial charge on any atom is -0.394 e. The van der Waals surface area contributed by atoms with E-state index in [0.29, 0.717) is 6.42 Å². The van der Waals surface area contributed by atoms with Crippen LogP contribution in [0.25, 0.3) is 46.4 Å². The Morgan fingerprint density at radius 2 is 1.34 bits per heavy atom. The predicted molar refractivity (Wildman–Crippen MR) is 124 cm³/mol. The SMILES string of the molecule is OC[C@H]1OC(c2c3nc(cc4ccc(cc5ccc(cc6nc2C=C6)[nH]5)[nH]4)C=C3)C[C@@H]1O. The van der Waals surface area contributed by atoms with E-state index in [2.05, 4.69) is 16.0 Å². The Morgan fingerprint density at radius 3 is 1.84 bits per heavy atom. The van der Waals surface area contributed by atoms with Crippen LogP contribution < -0.4 is 0 Å². The van der Waals surface area contributed by atoms with Gasteiger partial charge in [0.05, 0.1) is 41.6 Å². The van der Waals surface area contributed by atoms with Gasteiger partial charge in [0, 0.05) is 34.1 Å². The standard InChI is InChI=1S/C25H22N4O3/c30-13-24-22(31)12-23(32-24)25-20-7-5-18(28-20)10-16-3-1-14(26-16)9-15-2-4-17(27-15)11-19-6-8-21(25)29-19/h1-11,22-24,26-27,30-31H,12-13H2/t22-,23?,24+/m0/s1. The van der Waals surface area contributed by atoms with Crippen molar-refractivity contribution in [3.8, 4) is 0 Å². The van der Waals surface area contributed by atoms with E-state index in [1.54, 1.807) is 0 Å². The third-order valence-corrected chi connectivity index (χ3v) is 5.98. The molecular weight excluding hydrogens is 404 g/mol. The molecule has 0 spiro atoms. The number of aliphatic hydroxyl groups excluding tert-OH is 2. The molecule has 6 heterocycles. The van der Waals surface area contributed by atoms with Gasteiger partial charge in [0.1, 0.15) is 6.10 Å². The van der Waals surface area contributed by atoms with Crippen molar-refractivity contribution in [2.24, 2.45) is 0 Å². The van der Waals surface area contributed by atoms with Crippen LogP contribution in [0.2, 0.25) is 0 Å². The highest BCUT2D eigenvalue weighted by molar-refractivity contribution is 5.79. The van der Waals surface area contributed by atoms with Crippen molar-refractivity contribution in [3.05, 3.63) is 70.8 Å². The number of fused-ring (bicyclic) bond motifs is 8. The average molecular weight is 426 g/mol. The minimum absolute atomic E-state index is 0.229. The van der Waals surface area contributed by atoms with Crippen LogP contribution in [0.4, 0.5) is 0 Å². The van der Waals surface area contributed by atoms with E-state index in [4.69, 9.17) is 14.7 Å². The molecule has 3 aliphatic heterocycles. The van der Waals surface area contributed by atoms with E-state index in [9.17, 15) is 10.2 Å². The zero-order valence-electron chi connectivity index (χ0n) is 17.2. The smallest absolute Gasteiger partial charge is 0.107 e. The molecular formula is C25H22N4O3. The summed E-state index contributed by atoms with van der Waals surface area (Å²) in [6, 6.07) is 14.1. The van der Waals surface area contributed by atoms with Crippen molar-refractivity contribution in [2.45, 2.75) is 24.7 Å². The van der Waals surface area contributed by atoms with E-state index in [0.717, 1.165) is 50.4 Å². The lowest BCUT2D eigenvalue weighted by atomic mass is 10.0. The summed E-state index contributed by atoms with van der Waals surface area (Å²) in [6.07, 6.45) is 6.45. The summed E-state index contributed by atoms with van der Waals surface area (Å²) in [5.74, 6) is 0. The van der Waals surface area contributed by atoms with Gasteiger partial charge < -0.3 is 24.9 Å². The van der Waals surface area contributed by atoms with Gasteiger partial charge in [-0.1, -0.05) is 0 Å². The molecule has 3 aromatic rings. The van der Waals surface area contributed by atoms with Crippen molar-refractivity contribution in [1.29, 1.82) is 0 Å². The van der Waals surface area contributed by atoms with Crippen LogP contribution >= 0.6 is 0 Å². The molecule has 0 saturated carbocycles. The number of nitrogens with one attached hydrogen (secondary N) is 2. The van der Waals surface area contributed by atoms with E-state index in [1.807, 2.05) is 60.7 Å². The predicted octanol–water partition coefficient (Wildman–Crippen LogP) is 3.84. The summed E-state index contributed by atoms with van der Waals surface area (Å²) in [6.45, 7) is -0.229. The average Bonchev–Trinajstić information content (AvgIpc) is 3.58. The molecule has 0 aliphatic carbocycles. The van der Waals surface area contributed by atoms with Crippen LogP contribution in [0.5, 0.6) is 0 Å². The topological polar surface area (TPSA) is 107 Å². The number of nitrogens with zero attached hydrogens (tertiary/aromatic N) is 2. The van der Waals surface area contributed by atoms with Gasteiger partial charge in [0.2, 0.25) is 0 Å². The quantitative estimate of drug-likeness (QED) is 0.343. The zero-order valence-corrected chi connectivity index (χ0v) is 17.2. The maximum absolute atomic E-state index is 10.3. The van der Waals surface area contributed by atoms with Crippen LogP contribution in [-0.2, 0) is 4.74 Å². The van der Waals surface area contributed by atoms with Gasteiger partial charge in [-0.2, -0.15) is 0 Å². The van der Waals surface area contributed by atoms with Gasteiger partial charge >= 0.3 is 0 Å². The number of hydrogen-bond donors (Lipinski definition) is 4. The molecule has 4 N–H and O–H groups in total. The summed E-state index contributed by atoms with van der Waals surface area (Å²) in [5.41, 5.74) is 7.85. The fraction of sp³-hybridized carbons (Fsp3) is 0.200. The van der Waals surface area contributed by atoms with Crippen molar-refractivity contribution in [2.75, 3.05) is 6.61 Å². The summed E-state index contributed by atoms with van der Waals surface area (Å²) in [5, 5.41) is 19.9. The number of hydrogen-bond acceptors (Lipinski definition) is 5. The van der Waals surface area contributed by atoms with E-state index < -0.39 is 18.3 Å². The Bertz CT molecular complexity index is 1320. The molecule has 6 rings (SSSR count). The van der Waals surface area contributed by atoms with Gasteiger partial charge in [-0.15, -0.1) is 0 Å². The monoisotopic (exact) mass is 426 g/mol. The van der Waals surface area contributed by atoms with Crippen molar-refractivity contribution >= 4 is 46.4 Å². The molecule has 8 bridgehead atoms. The van der Waals surface area contributed by atoms with Crippen molar-refractivity contribution in [3.63, 3.8) is 0 Å². The number of rotatable bonds is 2. The zero-order chi connectivity index (χ0) is 21.7. The summed E-state index contributed by atoms with van der Waals surface area (Å²) in [7, 11) is 0. The largest absolute Gasteiger partial charge is 0.394 e. The second-order valence-corrected chi connectivity index (χ2v) is 8.24. The molecule has 1 unspecified atom stereocenters. The highest BCUT2D eigenvalue weighted by Gasteiger charge is 2.36. The molecule has 0 radical (unpaired) electrons. The lowest BCUT2D eigenvalue weighted by Crippen LogP contribution is -2.24. The fourth-order valence-corrected chi connectivity index (χ4v) is 4.44. The first-order valence-corrected chi connectivity index (χ1v) is 10.7. The van der Waals surface area contributed by atoms with Crippen LogP contribution in [0, 0.1) is 0 Å². The maximum atomic E-state index is 10.3. The third kappa shape index (κ3) is 3.46. The Morgan fingerprint density at radius 1 is 0.812 bits per heavy atom. The van der Waals surface area contributed by atoms with Gasteiger partial charge in [-0.25, -0.2) is 9.97 Å². The van der Waals surface area contributed by atoms with Crippen LogP contribution in [0.15, 0.2) is 42.5 Å². The highest BCUT2D eigenvalue weighted by Crippen LogP contribution is 2.37. The Balaban J connectivity index is 1.62. The fourth-order valence-electron chi connectivity index (χ4n) is 4.44. The Hall–Kier alpha value is -3.52. The van der Waals surface area contributed by atoms with Crippen molar-refractivity contribution in [1.82, 2.24) is 19.9 Å². The molecule has 1 saturated heterocycles. The van der Waals surface area contributed by atoms with Gasteiger partial charge in [-0.3, -0.25) is 0 Å². The highest BCUT2D eigenvalue weighted by atomic mass is 16.5. The van der Waals surface area contributed by atoms with Gasteiger partial charge in [-0.05, 0) is 66.8 Å². The van der Waals surface area contributed by atoms with Crippen LogP contribution in [0.3, 0.4) is 0 Å². The van der Waals surface area contributed by atoms with E-state index >= 15 is 0 Å². The first-order chi connectivity index (χ1) is 15.6. The summed E-state index contributed by atoms with van der Waals surface area (Å²) in [4.78, 5) is 16.4. The van der Waals surface area contributed by atoms with E-state index in [1.165, 1.54) is 0 Å². The number of H-pyrrole nitrogens is 2. The summed E-state index contributed by atoms with van der Waals surface area (Å²) >= 11 is 0. The number of ether oxygens (including phenoxy) is 1. The second-order valence-electron chi connectivity index (χ2n) is 8.24. The Labute approximate surface area is 183 Å². The number of aliphatic hydroxyl groups is 2. The lowest BCUT2D eigenvalue weighted by molar-refractivity contribution is -0.0227. The third-order valence-electron chi connectivity index (χ3n) is 5.98. The van der Waals surface area contributed by atoms with Gasteiger partial charge in [0.15, 0.2) is 0 Å². The molecule has 7 nitrogen and oxygen atoms in total. The normalized spacial score (nSPS) is 22.0. The molecule has 160 valence electrons. The van der Waals surface area contributed by atoms with Crippen LogP contribution in [-0.4, -0.2) is 49.0 Å². The molecule has 3 atom stereocenters. The molecule has 1 fully saturated rings. The van der Waals surface area contributed by atoms with Gasteiger partial charge in [0.25, 0.3) is 0 Å². The maximum Gasteiger partial charge on any atom is 0.107 e. The minimum atomic E-state index is -0.731. The molecule has 3 aromatic heterocycles. The first-order valence-electron chi connectivity index (χ1n) is 10.7. The lowest BCUT2D eigenvalue weighted by Gasteiger charge is -2.14. The molecule has 7 heteroatoms. The Kier molecular flexibility index (Phi) is 4.53. The second kappa shape index (κ2) is 7.56. The molecule has 0 amide bonds. The molecule has 3 aliphatic rings. The summed E-state index contributed by atoms with van der Waals surface area (Å²) < 4.78 is 5.99. The molecule has 0 aromatic carbocycles. The number of aromatic nitrogens is 4. The van der Waals surface area contributed by atoms with E-state index in [-0.39, 0.29) is 6.61 Å². The van der Waals surface area contributed by atoms with Crippen LogP contribution in [0.1, 0.15) is 40.9 Å².